The first-order valence-electron chi connectivity index (χ1n) is 5.86. The summed E-state index contributed by atoms with van der Waals surface area (Å²) in [5.41, 5.74) is 1.33. The fourth-order valence-corrected chi connectivity index (χ4v) is 1.71. The van der Waals surface area contributed by atoms with Gasteiger partial charge in [0.25, 0.3) is 5.91 Å². The van der Waals surface area contributed by atoms with E-state index in [9.17, 15) is 4.79 Å². The Hall–Kier alpha value is -2.17. The van der Waals surface area contributed by atoms with Gasteiger partial charge in [-0.3, -0.25) is 4.79 Å². The standard InChI is InChI=1S/C13H16N4O/c1-4-5-14-13(18)11-6-10-8-16-17(9(2)3)12(10)15-7-11/h4,6-9H,1,5H2,2-3H3,(H,14,18). The van der Waals surface area contributed by atoms with Crippen molar-refractivity contribution >= 4 is 16.9 Å². The molecule has 5 nitrogen and oxygen atoms in total. The molecule has 0 fully saturated rings. The van der Waals surface area contributed by atoms with Gasteiger partial charge < -0.3 is 5.32 Å². The average molecular weight is 244 g/mol. The van der Waals surface area contributed by atoms with Gasteiger partial charge in [0.1, 0.15) is 0 Å². The van der Waals surface area contributed by atoms with E-state index in [1.165, 1.54) is 0 Å². The maximum atomic E-state index is 11.8. The van der Waals surface area contributed by atoms with E-state index in [2.05, 4.69) is 22.0 Å². The Bertz CT molecular complexity index is 586. The van der Waals surface area contributed by atoms with Gasteiger partial charge in [0.2, 0.25) is 0 Å². The van der Waals surface area contributed by atoms with Gasteiger partial charge in [0.05, 0.1) is 11.8 Å². The van der Waals surface area contributed by atoms with Crippen LogP contribution in [0.3, 0.4) is 0 Å². The van der Waals surface area contributed by atoms with Gasteiger partial charge in [-0.25, -0.2) is 9.67 Å². The van der Waals surface area contributed by atoms with Gasteiger partial charge in [-0.15, -0.1) is 6.58 Å². The number of hydrogen-bond donors (Lipinski definition) is 1. The highest BCUT2D eigenvalue weighted by atomic mass is 16.1. The normalized spacial score (nSPS) is 10.8. The van der Waals surface area contributed by atoms with E-state index in [-0.39, 0.29) is 11.9 Å². The van der Waals surface area contributed by atoms with Crippen LogP contribution >= 0.6 is 0 Å². The quantitative estimate of drug-likeness (QED) is 0.836. The molecule has 0 atom stereocenters. The molecule has 94 valence electrons. The molecule has 0 bridgehead atoms. The van der Waals surface area contributed by atoms with Crippen molar-refractivity contribution < 1.29 is 4.79 Å². The van der Waals surface area contributed by atoms with E-state index < -0.39 is 0 Å². The molecule has 1 N–H and O–H groups in total. The molecular formula is C13H16N4O. The molecular weight excluding hydrogens is 228 g/mol. The van der Waals surface area contributed by atoms with Crippen molar-refractivity contribution in [2.75, 3.05) is 6.54 Å². The Morgan fingerprint density at radius 3 is 3.00 bits per heavy atom. The highest BCUT2D eigenvalue weighted by Gasteiger charge is 2.10. The number of nitrogens with zero attached hydrogens (tertiary/aromatic N) is 3. The summed E-state index contributed by atoms with van der Waals surface area (Å²) < 4.78 is 1.83. The lowest BCUT2D eigenvalue weighted by Gasteiger charge is -2.06. The molecule has 0 unspecified atom stereocenters. The van der Waals surface area contributed by atoms with Gasteiger partial charge in [0.15, 0.2) is 5.65 Å². The fraction of sp³-hybridized carbons (Fsp3) is 0.308. The Balaban J connectivity index is 2.34. The number of nitrogens with one attached hydrogen (secondary N) is 1. The van der Waals surface area contributed by atoms with Gasteiger partial charge in [-0.1, -0.05) is 6.08 Å². The molecule has 2 aromatic rings. The second-order valence-corrected chi connectivity index (χ2v) is 4.32. The Morgan fingerprint density at radius 2 is 2.33 bits per heavy atom. The van der Waals surface area contributed by atoms with Crippen LogP contribution in [0.2, 0.25) is 0 Å². The van der Waals surface area contributed by atoms with Gasteiger partial charge in [-0.2, -0.15) is 5.10 Å². The summed E-state index contributed by atoms with van der Waals surface area (Å²) in [5.74, 6) is -0.151. The van der Waals surface area contributed by atoms with Gasteiger partial charge in [-0.05, 0) is 19.9 Å². The van der Waals surface area contributed by atoms with Crippen LogP contribution in [0.1, 0.15) is 30.2 Å². The molecule has 0 saturated carbocycles. The molecule has 0 spiro atoms. The van der Waals surface area contributed by atoms with Gasteiger partial charge in [0, 0.05) is 24.2 Å². The summed E-state index contributed by atoms with van der Waals surface area (Å²) in [6, 6.07) is 2.04. The molecule has 2 heterocycles. The molecule has 1 amide bonds. The molecule has 0 saturated heterocycles. The predicted octanol–water partition coefficient (Wildman–Crippen LogP) is 1.93. The van der Waals surface area contributed by atoms with E-state index in [0.29, 0.717) is 12.1 Å². The summed E-state index contributed by atoms with van der Waals surface area (Å²) in [7, 11) is 0. The number of carbonyl (C=O) groups excluding carboxylic acids is 1. The van der Waals surface area contributed by atoms with Crippen molar-refractivity contribution in [2.45, 2.75) is 19.9 Å². The molecule has 0 aromatic carbocycles. The van der Waals surface area contributed by atoms with E-state index in [1.54, 1.807) is 24.5 Å². The molecule has 5 heteroatoms. The van der Waals surface area contributed by atoms with Crippen LogP contribution in [0.15, 0.2) is 31.1 Å². The van der Waals surface area contributed by atoms with Crippen LogP contribution in [0.5, 0.6) is 0 Å². The topological polar surface area (TPSA) is 59.8 Å². The lowest BCUT2D eigenvalue weighted by Crippen LogP contribution is -2.23. The number of fused-ring (bicyclic) bond motifs is 1. The van der Waals surface area contributed by atoms with Crippen molar-refractivity contribution in [2.24, 2.45) is 0 Å². The minimum atomic E-state index is -0.151. The SMILES string of the molecule is C=CCNC(=O)c1cnc2c(cnn2C(C)C)c1. The maximum absolute atomic E-state index is 11.8. The summed E-state index contributed by atoms with van der Waals surface area (Å²) in [5, 5.41) is 7.85. The highest BCUT2D eigenvalue weighted by molar-refractivity contribution is 5.96. The first kappa shape index (κ1) is 12.3. The zero-order valence-corrected chi connectivity index (χ0v) is 10.6. The van der Waals surface area contributed by atoms with Crippen molar-refractivity contribution in [3.8, 4) is 0 Å². The Labute approximate surface area is 106 Å². The van der Waals surface area contributed by atoms with Crippen LogP contribution < -0.4 is 5.32 Å². The minimum absolute atomic E-state index is 0.151. The lowest BCUT2D eigenvalue weighted by molar-refractivity contribution is 0.0958. The molecule has 0 aliphatic rings. The number of pyridine rings is 1. The van der Waals surface area contributed by atoms with E-state index in [0.717, 1.165) is 11.0 Å². The van der Waals surface area contributed by atoms with Crippen molar-refractivity contribution in [1.82, 2.24) is 20.1 Å². The third-order valence-corrected chi connectivity index (χ3v) is 2.59. The monoisotopic (exact) mass is 244 g/mol. The van der Waals surface area contributed by atoms with Crippen molar-refractivity contribution in [3.63, 3.8) is 0 Å². The van der Waals surface area contributed by atoms with Crippen LogP contribution in [0.4, 0.5) is 0 Å². The summed E-state index contributed by atoms with van der Waals surface area (Å²) in [4.78, 5) is 16.1. The molecule has 0 radical (unpaired) electrons. The molecule has 18 heavy (non-hydrogen) atoms. The van der Waals surface area contributed by atoms with Crippen molar-refractivity contribution in [3.05, 3.63) is 36.7 Å². The second-order valence-electron chi connectivity index (χ2n) is 4.32. The zero-order valence-electron chi connectivity index (χ0n) is 10.6. The highest BCUT2D eigenvalue weighted by Crippen LogP contribution is 2.16. The van der Waals surface area contributed by atoms with E-state index in [1.807, 2.05) is 18.5 Å². The van der Waals surface area contributed by atoms with E-state index >= 15 is 0 Å². The largest absolute Gasteiger partial charge is 0.349 e. The summed E-state index contributed by atoms with van der Waals surface area (Å²) in [6.07, 6.45) is 4.94. The molecule has 2 aromatic heterocycles. The van der Waals surface area contributed by atoms with Crippen LogP contribution in [0.25, 0.3) is 11.0 Å². The van der Waals surface area contributed by atoms with Crippen LogP contribution in [0, 0.1) is 0 Å². The predicted molar refractivity (Wildman–Crippen MR) is 70.4 cm³/mol. The maximum Gasteiger partial charge on any atom is 0.253 e. The second kappa shape index (κ2) is 5.00. The van der Waals surface area contributed by atoms with Crippen LogP contribution in [-0.2, 0) is 0 Å². The molecule has 0 aliphatic heterocycles. The number of aromatic nitrogens is 3. The number of hydrogen-bond acceptors (Lipinski definition) is 3. The number of amides is 1. The fourth-order valence-electron chi connectivity index (χ4n) is 1.71. The lowest BCUT2D eigenvalue weighted by atomic mass is 10.2. The smallest absolute Gasteiger partial charge is 0.253 e. The summed E-state index contributed by atoms with van der Waals surface area (Å²) >= 11 is 0. The number of rotatable bonds is 4. The summed E-state index contributed by atoms with van der Waals surface area (Å²) in [6.45, 7) is 8.08. The van der Waals surface area contributed by atoms with Crippen molar-refractivity contribution in [1.29, 1.82) is 0 Å². The van der Waals surface area contributed by atoms with Crippen LogP contribution in [-0.4, -0.2) is 27.2 Å². The number of carbonyl (C=O) groups is 1. The Kier molecular flexibility index (Phi) is 3.41. The zero-order chi connectivity index (χ0) is 13.1. The third-order valence-electron chi connectivity index (χ3n) is 2.59. The average Bonchev–Trinajstić information content (AvgIpc) is 2.78. The molecule has 0 aliphatic carbocycles. The third kappa shape index (κ3) is 2.25. The Morgan fingerprint density at radius 1 is 1.56 bits per heavy atom. The minimum Gasteiger partial charge on any atom is -0.349 e. The first-order chi connectivity index (χ1) is 8.63. The first-order valence-corrected chi connectivity index (χ1v) is 5.86. The van der Waals surface area contributed by atoms with Gasteiger partial charge >= 0.3 is 0 Å². The molecule has 2 rings (SSSR count). The van der Waals surface area contributed by atoms with E-state index in [4.69, 9.17) is 0 Å².